The quantitative estimate of drug-likeness (QED) is 0.904. The molecule has 2 aromatic rings. The van der Waals surface area contributed by atoms with Gasteiger partial charge in [-0.1, -0.05) is 18.2 Å². The summed E-state index contributed by atoms with van der Waals surface area (Å²) in [5, 5.41) is 6.10. The first-order chi connectivity index (χ1) is 10.3. The average Bonchev–Trinajstić information content (AvgIpc) is 2.94. The summed E-state index contributed by atoms with van der Waals surface area (Å²) in [4.78, 5) is 16.4. The molecule has 0 unspecified atom stereocenters. The van der Waals surface area contributed by atoms with Gasteiger partial charge in [-0.3, -0.25) is 4.79 Å². The molecule has 0 bridgehead atoms. The van der Waals surface area contributed by atoms with E-state index in [4.69, 9.17) is 4.74 Å². The number of hydrogen-bond donors (Lipinski definition) is 2. The van der Waals surface area contributed by atoms with Crippen molar-refractivity contribution in [1.29, 1.82) is 0 Å². The van der Waals surface area contributed by atoms with Crippen LogP contribution in [0.4, 0.5) is 11.4 Å². The highest BCUT2D eigenvalue weighted by Gasteiger charge is 2.26. The minimum Gasteiger partial charge on any atom is -0.478 e. The van der Waals surface area contributed by atoms with Gasteiger partial charge in [0.2, 0.25) is 11.8 Å². The molecule has 21 heavy (non-hydrogen) atoms. The second-order valence-corrected chi connectivity index (χ2v) is 4.87. The molecule has 1 aliphatic heterocycles. The minimum absolute atomic E-state index is 0.0582. The third kappa shape index (κ3) is 2.97. The Hall–Kier alpha value is -2.56. The van der Waals surface area contributed by atoms with E-state index in [1.165, 1.54) is 5.56 Å². The van der Waals surface area contributed by atoms with Crippen LogP contribution in [0.2, 0.25) is 0 Å². The lowest BCUT2D eigenvalue weighted by Gasteiger charge is -2.12. The van der Waals surface area contributed by atoms with Crippen molar-refractivity contribution in [3.63, 3.8) is 0 Å². The van der Waals surface area contributed by atoms with E-state index in [2.05, 4.69) is 15.6 Å². The van der Waals surface area contributed by atoms with Crippen LogP contribution in [0.3, 0.4) is 0 Å². The van der Waals surface area contributed by atoms with Crippen LogP contribution in [-0.4, -0.2) is 23.5 Å². The van der Waals surface area contributed by atoms with Gasteiger partial charge in [-0.15, -0.1) is 0 Å². The van der Waals surface area contributed by atoms with Gasteiger partial charge in [0.15, 0.2) is 0 Å². The van der Waals surface area contributed by atoms with E-state index in [-0.39, 0.29) is 11.9 Å². The zero-order valence-corrected chi connectivity index (χ0v) is 11.8. The number of anilines is 2. The Labute approximate surface area is 123 Å². The van der Waals surface area contributed by atoms with Gasteiger partial charge in [-0.25, -0.2) is 4.98 Å². The minimum atomic E-state index is -0.242. The molecule has 1 amide bonds. The van der Waals surface area contributed by atoms with Crippen LogP contribution >= 0.6 is 0 Å². The number of hydrogen-bond acceptors (Lipinski definition) is 4. The summed E-state index contributed by atoms with van der Waals surface area (Å²) in [6.07, 6.45) is 2.30. The largest absolute Gasteiger partial charge is 0.478 e. The maximum Gasteiger partial charge on any atom is 0.247 e. The third-order valence-electron chi connectivity index (χ3n) is 3.38. The molecule has 0 saturated carbocycles. The summed E-state index contributed by atoms with van der Waals surface area (Å²) in [7, 11) is 0. The first-order valence-electron chi connectivity index (χ1n) is 7.00. The normalized spacial score (nSPS) is 16.0. The van der Waals surface area contributed by atoms with Crippen LogP contribution in [0.15, 0.2) is 42.6 Å². The molecule has 0 aliphatic carbocycles. The summed E-state index contributed by atoms with van der Waals surface area (Å²) < 4.78 is 5.27. The fourth-order valence-electron chi connectivity index (χ4n) is 2.37. The molecule has 1 aromatic heterocycles. The van der Waals surface area contributed by atoms with Gasteiger partial charge in [0.05, 0.1) is 18.5 Å². The molecule has 3 rings (SSSR count). The number of rotatable bonds is 4. The standard InChI is InChI=1S/C16H17N3O2/c1-2-21-15-8-7-12(10-17-15)18-16(20)14-9-11-5-3-4-6-13(11)19-14/h3-8,10,14,19H,2,9H2,1H3,(H,18,20)/t14-/m0/s1. The van der Waals surface area contributed by atoms with Crippen molar-refractivity contribution in [3.8, 4) is 5.88 Å². The highest BCUT2D eigenvalue weighted by molar-refractivity contribution is 5.97. The number of ether oxygens (including phenoxy) is 1. The van der Waals surface area contributed by atoms with Gasteiger partial charge < -0.3 is 15.4 Å². The number of carbonyl (C=O) groups is 1. The number of aromatic nitrogens is 1. The fraction of sp³-hybridized carbons (Fsp3) is 0.250. The molecular formula is C16H17N3O2. The van der Waals surface area contributed by atoms with Crippen LogP contribution in [0.25, 0.3) is 0 Å². The smallest absolute Gasteiger partial charge is 0.247 e. The Morgan fingerprint density at radius 1 is 1.38 bits per heavy atom. The predicted octanol–water partition coefficient (Wildman–Crippen LogP) is 2.46. The number of fused-ring (bicyclic) bond motifs is 1. The SMILES string of the molecule is CCOc1ccc(NC(=O)[C@@H]2Cc3ccccc3N2)cn1. The molecule has 0 fully saturated rings. The number of carbonyl (C=O) groups excluding carboxylic acids is 1. The van der Waals surface area contributed by atoms with Gasteiger partial charge in [0.25, 0.3) is 0 Å². The van der Waals surface area contributed by atoms with Crippen LogP contribution < -0.4 is 15.4 Å². The van der Waals surface area contributed by atoms with E-state index < -0.39 is 0 Å². The van der Waals surface area contributed by atoms with Crippen molar-refractivity contribution < 1.29 is 9.53 Å². The Morgan fingerprint density at radius 3 is 2.95 bits per heavy atom. The maximum atomic E-state index is 12.3. The van der Waals surface area contributed by atoms with Crippen LogP contribution in [0, 0.1) is 0 Å². The number of nitrogens with one attached hydrogen (secondary N) is 2. The van der Waals surface area contributed by atoms with Crippen molar-refractivity contribution in [2.24, 2.45) is 0 Å². The number of nitrogens with zero attached hydrogens (tertiary/aromatic N) is 1. The van der Waals surface area contributed by atoms with Gasteiger partial charge >= 0.3 is 0 Å². The number of pyridine rings is 1. The van der Waals surface area contributed by atoms with E-state index in [0.29, 0.717) is 24.6 Å². The van der Waals surface area contributed by atoms with Crippen molar-refractivity contribution >= 4 is 17.3 Å². The molecule has 1 aliphatic rings. The molecule has 108 valence electrons. The van der Waals surface area contributed by atoms with Crippen LogP contribution in [0.5, 0.6) is 5.88 Å². The molecule has 2 N–H and O–H groups in total. The van der Waals surface area contributed by atoms with Gasteiger partial charge in [-0.05, 0) is 24.6 Å². The van der Waals surface area contributed by atoms with Crippen molar-refractivity contribution in [2.45, 2.75) is 19.4 Å². The molecule has 0 spiro atoms. The monoisotopic (exact) mass is 283 g/mol. The Kier molecular flexibility index (Phi) is 3.73. The third-order valence-corrected chi connectivity index (χ3v) is 3.38. The van der Waals surface area contributed by atoms with Crippen molar-refractivity contribution in [1.82, 2.24) is 4.98 Å². The van der Waals surface area contributed by atoms with Crippen molar-refractivity contribution in [2.75, 3.05) is 17.2 Å². The summed E-state index contributed by atoms with van der Waals surface area (Å²) in [6, 6.07) is 11.3. The fourth-order valence-corrected chi connectivity index (χ4v) is 2.37. The van der Waals surface area contributed by atoms with Gasteiger partial charge in [0.1, 0.15) is 6.04 Å². The average molecular weight is 283 g/mol. The highest BCUT2D eigenvalue weighted by Crippen LogP contribution is 2.25. The topological polar surface area (TPSA) is 63.2 Å². The van der Waals surface area contributed by atoms with Gasteiger partial charge in [0, 0.05) is 18.2 Å². The first-order valence-corrected chi connectivity index (χ1v) is 7.00. The number of para-hydroxylation sites is 1. The summed E-state index contributed by atoms with van der Waals surface area (Å²) >= 11 is 0. The lowest BCUT2D eigenvalue weighted by molar-refractivity contribution is -0.116. The zero-order chi connectivity index (χ0) is 14.7. The van der Waals surface area contributed by atoms with E-state index >= 15 is 0 Å². The molecule has 0 saturated heterocycles. The lowest BCUT2D eigenvalue weighted by atomic mass is 10.1. The maximum absolute atomic E-state index is 12.3. The molecular weight excluding hydrogens is 266 g/mol. The summed E-state index contributed by atoms with van der Waals surface area (Å²) in [5.74, 6) is 0.499. The summed E-state index contributed by atoms with van der Waals surface area (Å²) in [5.41, 5.74) is 2.87. The lowest BCUT2D eigenvalue weighted by Crippen LogP contribution is -2.32. The van der Waals surface area contributed by atoms with Crippen molar-refractivity contribution in [3.05, 3.63) is 48.2 Å². The van der Waals surface area contributed by atoms with E-state index in [1.54, 1.807) is 18.3 Å². The summed E-state index contributed by atoms with van der Waals surface area (Å²) in [6.45, 7) is 2.48. The molecule has 1 aromatic carbocycles. The molecule has 1 atom stereocenters. The second kappa shape index (κ2) is 5.83. The molecule has 5 nitrogen and oxygen atoms in total. The van der Waals surface area contributed by atoms with Gasteiger partial charge in [-0.2, -0.15) is 0 Å². The first kappa shape index (κ1) is 13.4. The molecule has 5 heteroatoms. The Balaban J connectivity index is 1.62. The van der Waals surface area contributed by atoms with E-state index in [1.807, 2.05) is 31.2 Å². The Morgan fingerprint density at radius 2 is 2.24 bits per heavy atom. The predicted molar refractivity (Wildman–Crippen MR) is 81.6 cm³/mol. The molecule has 0 radical (unpaired) electrons. The van der Waals surface area contributed by atoms with Crippen LogP contribution in [-0.2, 0) is 11.2 Å². The number of amides is 1. The highest BCUT2D eigenvalue weighted by atomic mass is 16.5. The second-order valence-electron chi connectivity index (χ2n) is 4.87. The Bertz CT molecular complexity index is 615. The number of benzene rings is 1. The van der Waals surface area contributed by atoms with Crippen LogP contribution in [0.1, 0.15) is 12.5 Å². The van der Waals surface area contributed by atoms with E-state index in [9.17, 15) is 4.79 Å². The zero-order valence-electron chi connectivity index (χ0n) is 11.8. The van der Waals surface area contributed by atoms with E-state index in [0.717, 1.165) is 5.69 Å². The molecule has 2 heterocycles.